The molecule has 0 radical (unpaired) electrons. The first-order valence-corrected chi connectivity index (χ1v) is 11.9. The Labute approximate surface area is 197 Å². The molecule has 0 saturated heterocycles. The molecule has 1 N–H and O–H groups in total. The van der Waals surface area contributed by atoms with Gasteiger partial charge in [-0.25, -0.2) is 4.79 Å². The molecule has 2 aliphatic rings. The third kappa shape index (κ3) is 3.56. The van der Waals surface area contributed by atoms with Gasteiger partial charge in [-0.2, -0.15) is 14.6 Å². The minimum absolute atomic E-state index is 0.270. The summed E-state index contributed by atoms with van der Waals surface area (Å²) in [7, 11) is 0. The van der Waals surface area contributed by atoms with Crippen LogP contribution in [0.1, 0.15) is 36.0 Å². The van der Waals surface area contributed by atoms with Gasteiger partial charge in [-0.15, -0.1) is 5.10 Å². The Balaban J connectivity index is 1.37. The second-order valence-electron chi connectivity index (χ2n) is 8.44. The second kappa shape index (κ2) is 8.14. The molecule has 34 heavy (non-hydrogen) atoms. The lowest BCUT2D eigenvalue weighted by molar-refractivity contribution is -0.141. The van der Waals surface area contributed by atoms with Crippen molar-refractivity contribution < 1.29 is 9.90 Å². The third-order valence-corrected chi connectivity index (χ3v) is 7.23. The molecular weight excluding hydrogens is 452 g/mol. The minimum Gasteiger partial charge on any atom is -0.480 e. The first kappa shape index (κ1) is 20.7. The van der Waals surface area contributed by atoms with Gasteiger partial charge in [-0.1, -0.05) is 23.5 Å². The summed E-state index contributed by atoms with van der Waals surface area (Å²) in [5.74, 6) is -0.547. The van der Waals surface area contributed by atoms with Crippen molar-refractivity contribution in [3.05, 3.63) is 74.3 Å². The molecule has 0 spiro atoms. The third-order valence-electron chi connectivity index (χ3n) is 6.28. The van der Waals surface area contributed by atoms with Crippen molar-refractivity contribution in [3.63, 3.8) is 0 Å². The van der Waals surface area contributed by atoms with E-state index in [0.717, 1.165) is 35.3 Å². The Hall–Kier alpha value is -3.92. The van der Waals surface area contributed by atoms with Crippen molar-refractivity contribution in [3.8, 4) is 11.4 Å². The number of fused-ring (bicyclic) bond motifs is 2. The molecule has 0 amide bonds. The molecule has 1 aromatic carbocycles. The normalized spacial score (nSPS) is 18.4. The maximum absolute atomic E-state index is 13.0. The average Bonchev–Trinajstić information content (AvgIpc) is 3.55. The highest BCUT2D eigenvalue weighted by molar-refractivity contribution is 7.15. The van der Waals surface area contributed by atoms with Crippen LogP contribution >= 0.6 is 11.3 Å². The van der Waals surface area contributed by atoms with Gasteiger partial charge in [0.1, 0.15) is 4.53 Å². The standard InChI is InChI=1S/C24H20N6O3S/c31-22-20(34-24-26-21(28-30(22)24)15-7-9-25-10-8-15)13-29-19(23(32)33)12-18(27-29)17-6-5-14-3-1-2-4-16(14)11-17/h5-11,13,19H,1-4,12H2,(H,32,33)/b20-13-/t19-/m1/s1. The van der Waals surface area contributed by atoms with Crippen LogP contribution in [-0.2, 0) is 17.6 Å². The Morgan fingerprint density at radius 3 is 2.65 bits per heavy atom. The molecule has 6 rings (SSSR count). The van der Waals surface area contributed by atoms with Gasteiger partial charge in [0.15, 0.2) is 11.9 Å². The van der Waals surface area contributed by atoms with E-state index in [1.54, 1.807) is 24.5 Å². The fraction of sp³-hybridized carbons (Fsp3) is 0.250. The van der Waals surface area contributed by atoms with Crippen LogP contribution in [0.25, 0.3) is 22.5 Å². The summed E-state index contributed by atoms with van der Waals surface area (Å²) in [6.07, 6.45) is 9.55. The molecule has 170 valence electrons. The van der Waals surface area contributed by atoms with Crippen molar-refractivity contribution >= 4 is 34.2 Å². The Morgan fingerprint density at radius 1 is 1.09 bits per heavy atom. The fourth-order valence-electron chi connectivity index (χ4n) is 4.50. The lowest BCUT2D eigenvalue weighted by Gasteiger charge is -2.16. The van der Waals surface area contributed by atoms with Gasteiger partial charge in [0.25, 0.3) is 5.56 Å². The predicted octanol–water partition coefficient (Wildman–Crippen LogP) is 2.11. The highest BCUT2D eigenvalue weighted by Crippen LogP contribution is 2.26. The predicted molar refractivity (Wildman–Crippen MR) is 128 cm³/mol. The first-order valence-electron chi connectivity index (χ1n) is 11.1. The van der Waals surface area contributed by atoms with E-state index < -0.39 is 12.0 Å². The number of carboxylic acid groups (broad SMARTS) is 1. The SMILES string of the molecule is O=C(O)[C@H]1CC(c2ccc3c(c2)CCCC3)=NN1/C=c1\sc2nc(-c3ccncc3)nn2c1=O. The maximum atomic E-state index is 13.0. The van der Waals surface area contributed by atoms with Crippen molar-refractivity contribution in [1.82, 2.24) is 24.6 Å². The molecule has 1 aliphatic heterocycles. The van der Waals surface area contributed by atoms with E-state index >= 15 is 0 Å². The van der Waals surface area contributed by atoms with Crippen LogP contribution in [0.15, 0.2) is 52.6 Å². The highest BCUT2D eigenvalue weighted by atomic mass is 32.1. The molecule has 10 heteroatoms. The zero-order valence-corrected chi connectivity index (χ0v) is 18.9. The smallest absolute Gasteiger partial charge is 0.328 e. The van der Waals surface area contributed by atoms with Crippen LogP contribution in [0.4, 0.5) is 0 Å². The molecule has 3 aromatic heterocycles. The Morgan fingerprint density at radius 2 is 1.88 bits per heavy atom. The van der Waals surface area contributed by atoms with E-state index in [0.29, 0.717) is 21.0 Å². The van der Waals surface area contributed by atoms with Crippen LogP contribution < -0.4 is 10.1 Å². The summed E-state index contributed by atoms with van der Waals surface area (Å²) in [6, 6.07) is 8.96. The van der Waals surface area contributed by atoms with Gasteiger partial charge in [-0.05, 0) is 60.6 Å². The zero-order valence-electron chi connectivity index (χ0n) is 18.1. The molecule has 4 aromatic rings. The number of aromatic nitrogens is 4. The number of rotatable bonds is 4. The van der Waals surface area contributed by atoms with Gasteiger partial charge in [-0.3, -0.25) is 14.8 Å². The molecule has 1 atom stereocenters. The number of carboxylic acids is 1. The number of hydrogen-bond acceptors (Lipinski definition) is 8. The zero-order chi connectivity index (χ0) is 23.2. The molecular formula is C24H20N6O3S. The summed E-state index contributed by atoms with van der Waals surface area (Å²) in [6.45, 7) is 0. The monoisotopic (exact) mass is 472 g/mol. The molecule has 0 unspecified atom stereocenters. The number of thiazole rings is 1. The van der Waals surface area contributed by atoms with Crippen molar-refractivity contribution in [1.29, 1.82) is 0 Å². The van der Waals surface area contributed by atoms with Gasteiger partial charge in [0, 0.05) is 30.6 Å². The first-order chi connectivity index (χ1) is 16.6. The van der Waals surface area contributed by atoms with Crippen molar-refractivity contribution in [2.24, 2.45) is 5.10 Å². The van der Waals surface area contributed by atoms with E-state index in [4.69, 9.17) is 0 Å². The van der Waals surface area contributed by atoms with Crippen molar-refractivity contribution in [2.75, 3.05) is 0 Å². The maximum Gasteiger partial charge on any atom is 0.328 e. The minimum atomic E-state index is -0.986. The van der Waals surface area contributed by atoms with E-state index in [1.165, 1.54) is 39.7 Å². The highest BCUT2D eigenvalue weighted by Gasteiger charge is 2.32. The number of aliphatic carboxylic acids is 1. The molecule has 0 bridgehead atoms. The summed E-state index contributed by atoms with van der Waals surface area (Å²) < 4.78 is 1.57. The van der Waals surface area contributed by atoms with E-state index in [-0.39, 0.29) is 12.0 Å². The number of carbonyl (C=O) groups is 1. The molecule has 4 heterocycles. The average molecular weight is 473 g/mol. The van der Waals surface area contributed by atoms with Gasteiger partial charge in [0.2, 0.25) is 4.96 Å². The van der Waals surface area contributed by atoms with Crippen LogP contribution in [0.5, 0.6) is 0 Å². The quantitative estimate of drug-likeness (QED) is 0.484. The van der Waals surface area contributed by atoms with E-state index in [9.17, 15) is 14.7 Å². The molecule has 1 aliphatic carbocycles. The van der Waals surface area contributed by atoms with E-state index in [2.05, 4.69) is 32.3 Å². The molecule has 0 saturated carbocycles. The summed E-state index contributed by atoms with van der Waals surface area (Å²) >= 11 is 1.16. The number of aryl methyl sites for hydroxylation is 2. The largest absolute Gasteiger partial charge is 0.480 e. The second-order valence-corrected chi connectivity index (χ2v) is 9.45. The van der Waals surface area contributed by atoms with E-state index in [1.807, 2.05) is 6.07 Å². The summed E-state index contributed by atoms with van der Waals surface area (Å²) in [4.78, 5) is 33.8. The van der Waals surface area contributed by atoms with Crippen LogP contribution in [0.3, 0.4) is 0 Å². The van der Waals surface area contributed by atoms with Crippen LogP contribution in [0, 0.1) is 0 Å². The van der Waals surface area contributed by atoms with Gasteiger partial charge >= 0.3 is 5.97 Å². The Kier molecular flexibility index (Phi) is 4.95. The Bertz CT molecular complexity index is 1560. The summed E-state index contributed by atoms with van der Waals surface area (Å²) in [5, 5.41) is 20.1. The molecule has 0 fully saturated rings. The lowest BCUT2D eigenvalue weighted by atomic mass is 9.89. The number of hydrazone groups is 1. The lowest BCUT2D eigenvalue weighted by Crippen LogP contribution is -2.34. The van der Waals surface area contributed by atoms with Crippen molar-refractivity contribution in [2.45, 2.75) is 38.1 Å². The van der Waals surface area contributed by atoms with Gasteiger partial charge in [0.05, 0.1) is 5.71 Å². The fourth-order valence-corrected chi connectivity index (χ4v) is 5.38. The summed E-state index contributed by atoms with van der Waals surface area (Å²) in [5.41, 5.74) is 4.75. The van der Waals surface area contributed by atoms with Crippen LogP contribution in [0.2, 0.25) is 0 Å². The topological polar surface area (TPSA) is 113 Å². The van der Waals surface area contributed by atoms with Crippen LogP contribution in [-0.4, -0.2) is 47.4 Å². The number of benzene rings is 1. The number of nitrogens with zero attached hydrogens (tertiary/aromatic N) is 6. The van der Waals surface area contributed by atoms with Gasteiger partial charge < -0.3 is 5.11 Å². The number of pyridine rings is 1. The molecule has 9 nitrogen and oxygen atoms in total. The number of hydrogen-bond donors (Lipinski definition) is 1.